The number of hydrogen-bond acceptors (Lipinski definition) is 5. The van der Waals surface area contributed by atoms with Crippen molar-refractivity contribution in [2.24, 2.45) is 0 Å². The summed E-state index contributed by atoms with van der Waals surface area (Å²) < 4.78 is 1.92. The number of H-pyrrole nitrogens is 1. The fourth-order valence-corrected chi connectivity index (χ4v) is 3.87. The molecule has 7 heteroatoms. The van der Waals surface area contributed by atoms with E-state index in [0.29, 0.717) is 5.82 Å². The smallest absolute Gasteiger partial charge is 0.178 e. The average Bonchev–Trinajstić information content (AvgIpc) is 3.35. The molecule has 0 bridgehead atoms. The van der Waals surface area contributed by atoms with E-state index in [9.17, 15) is 0 Å². The van der Waals surface area contributed by atoms with Crippen LogP contribution in [0.4, 0.5) is 11.5 Å². The van der Waals surface area contributed by atoms with Crippen LogP contribution in [-0.4, -0.2) is 29.9 Å². The zero-order valence-corrected chi connectivity index (χ0v) is 16.2. The molecule has 0 amide bonds. The molecule has 0 spiro atoms. The van der Waals surface area contributed by atoms with Crippen molar-refractivity contribution in [1.29, 1.82) is 0 Å². The maximum absolute atomic E-state index is 4.74. The highest BCUT2D eigenvalue weighted by Crippen LogP contribution is 2.29. The van der Waals surface area contributed by atoms with Gasteiger partial charge in [-0.1, -0.05) is 18.2 Å². The number of aryl methyl sites for hydroxylation is 1. The standard InChI is InChI=1S/C23H17N7/c1-14-17-5-2-3-7-20(17)30(29-14)23-18-9-8-16(13-15(18)10-12-25-23)26-22-21-19(27-28-22)6-4-11-24-21/h2-13H,1H3,(H2,26,27,28). The summed E-state index contributed by atoms with van der Waals surface area (Å²) in [5.74, 6) is 1.52. The van der Waals surface area contributed by atoms with Crippen LogP contribution in [0.1, 0.15) is 5.69 Å². The third kappa shape index (κ3) is 2.52. The molecule has 0 saturated heterocycles. The molecule has 0 aliphatic carbocycles. The van der Waals surface area contributed by atoms with Crippen molar-refractivity contribution in [3.63, 3.8) is 0 Å². The van der Waals surface area contributed by atoms with Gasteiger partial charge in [0, 0.05) is 28.9 Å². The van der Waals surface area contributed by atoms with E-state index >= 15 is 0 Å². The van der Waals surface area contributed by atoms with Gasteiger partial charge in [0.2, 0.25) is 0 Å². The van der Waals surface area contributed by atoms with Gasteiger partial charge in [-0.05, 0) is 54.8 Å². The second-order valence-corrected chi connectivity index (χ2v) is 7.18. The molecular weight excluding hydrogens is 374 g/mol. The molecule has 0 saturated carbocycles. The van der Waals surface area contributed by atoms with E-state index < -0.39 is 0 Å². The molecule has 144 valence electrons. The van der Waals surface area contributed by atoms with Crippen LogP contribution in [0.2, 0.25) is 0 Å². The molecule has 0 aliphatic heterocycles. The normalized spacial score (nSPS) is 11.5. The molecule has 30 heavy (non-hydrogen) atoms. The third-order valence-corrected chi connectivity index (χ3v) is 5.30. The Morgan fingerprint density at radius 1 is 0.900 bits per heavy atom. The van der Waals surface area contributed by atoms with Crippen molar-refractivity contribution >= 4 is 44.2 Å². The molecular formula is C23H17N7. The Labute approximate surface area is 171 Å². The summed E-state index contributed by atoms with van der Waals surface area (Å²) in [5.41, 5.74) is 4.67. The largest absolute Gasteiger partial charge is 0.337 e. The van der Waals surface area contributed by atoms with E-state index in [2.05, 4.69) is 49.7 Å². The van der Waals surface area contributed by atoms with Gasteiger partial charge in [0.15, 0.2) is 11.6 Å². The van der Waals surface area contributed by atoms with Crippen LogP contribution in [-0.2, 0) is 0 Å². The van der Waals surface area contributed by atoms with E-state index in [1.807, 2.05) is 54.2 Å². The Morgan fingerprint density at radius 3 is 2.80 bits per heavy atom. The first-order valence-electron chi connectivity index (χ1n) is 9.67. The summed E-state index contributed by atoms with van der Waals surface area (Å²) >= 11 is 0. The van der Waals surface area contributed by atoms with Crippen LogP contribution in [0, 0.1) is 6.92 Å². The lowest BCUT2D eigenvalue weighted by molar-refractivity contribution is 0.866. The van der Waals surface area contributed by atoms with Crippen LogP contribution >= 0.6 is 0 Å². The number of rotatable bonds is 3. The first kappa shape index (κ1) is 16.7. The van der Waals surface area contributed by atoms with E-state index in [1.165, 1.54) is 0 Å². The van der Waals surface area contributed by atoms with Crippen LogP contribution in [0.3, 0.4) is 0 Å². The van der Waals surface area contributed by atoms with Crippen molar-refractivity contribution in [3.05, 3.63) is 78.8 Å². The van der Waals surface area contributed by atoms with E-state index in [-0.39, 0.29) is 0 Å². The SMILES string of the molecule is Cc1nn(-c2nccc3cc(Nc4n[nH]c5cccnc45)ccc23)c2ccccc12. The number of anilines is 2. The van der Waals surface area contributed by atoms with Crippen molar-refractivity contribution in [1.82, 2.24) is 29.9 Å². The van der Waals surface area contributed by atoms with E-state index in [1.54, 1.807) is 6.20 Å². The number of fused-ring (bicyclic) bond motifs is 3. The molecule has 0 fully saturated rings. The summed E-state index contributed by atoms with van der Waals surface area (Å²) in [6, 6.07) is 20.2. The minimum absolute atomic E-state index is 0.702. The topological polar surface area (TPSA) is 84.3 Å². The highest BCUT2D eigenvalue weighted by atomic mass is 15.3. The van der Waals surface area contributed by atoms with Crippen molar-refractivity contribution in [3.8, 4) is 5.82 Å². The predicted octanol–water partition coefficient (Wildman–Crippen LogP) is 4.90. The molecule has 0 atom stereocenters. The number of nitrogens with one attached hydrogen (secondary N) is 2. The highest BCUT2D eigenvalue weighted by molar-refractivity contribution is 5.94. The van der Waals surface area contributed by atoms with Gasteiger partial charge in [0.25, 0.3) is 0 Å². The van der Waals surface area contributed by atoms with Gasteiger partial charge in [0.1, 0.15) is 5.52 Å². The summed E-state index contributed by atoms with van der Waals surface area (Å²) in [5, 5.41) is 18.7. The Kier molecular flexibility index (Phi) is 3.55. The first-order valence-corrected chi connectivity index (χ1v) is 9.67. The number of aromatic amines is 1. The molecule has 6 aromatic rings. The first-order chi connectivity index (χ1) is 14.8. The zero-order chi connectivity index (χ0) is 20.1. The second kappa shape index (κ2) is 6.38. The van der Waals surface area contributed by atoms with Crippen LogP contribution in [0.25, 0.3) is 38.5 Å². The fourth-order valence-electron chi connectivity index (χ4n) is 3.87. The Hall–Kier alpha value is -4.26. The van der Waals surface area contributed by atoms with Gasteiger partial charge in [-0.15, -0.1) is 0 Å². The third-order valence-electron chi connectivity index (χ3n) is 5.30. The summed E-state index contributed by atoms with van der Waals surface area (Å²) in [6.45, 7) is 2.02. The summed E-state index contributed by atoms with van der Waals surface area (Å²) in [6.07, 6.45) is 3.58. The van der Waals surface area contributed by atoms with Crippen LogP contribution in [0.15, 0.2) is 73.1 Å². The van der Waals surface area contributed by atoms with E-state index in [0.717, 1.165) is 49.9 Å². The monoisotopic (exact) mass is 391 g/mol. The van der Waals surface area contributed by atoms with Crippen molar-refractivity contribution in [2.45, 2.75) is 6.92 Å². The van der Waals surface area contributed by atoms with Crippen molar-refractivity contribution < 1.29 is 0 Å². The number of hydrogen-bond donors (Lipinski definition) is 2. The summed E-state index contributed by atoms with van der Waals surface area (Å²) in [7, 11) is 0. The predicted molar refractivity (Wildman–Crippen MR) is 118 cm³/mol. The fraction of sp³-hybridized carbons (Fsp3) is 0.0435. The van der Waals surface area contributed by atoms with Crippen LogP contribution < -0.4 is 5.32 Å². The highest BCUT2D eigenvalue weighted by Gasteiger charge is 2.13. The Morgan fingerprint density at radius 2 is 1.83 bits per heavy atom. The van der Waals surface area contributed by atoms with Gasteiger partial charge in [-0.3, -0.25) is 10.1 Å². The Bertz CT molecular complexity index is 1540. The molecule has 2 N–H and O–H groups in total. The maximum Gasteiger partial charge on any atom is 0.178 e. The maximum atomic E-state index is 4.74. The van der Waals surface area contributed by atoms with Crippen LogP contribution in [0.5, 0.6) is 0 Å². The minimum atomic E-state index is 0.702. The zero-order valence-electron chi connectivity index (χ0n) is 16.2. The lowest BCUT2D eigenvalue weighted by Gasteiger charge is -2.09. The molecule has 7 nitrogen and oxygen atoms in total. The molecule has 4 aromatic heterocycles. The molecule has 4 heterocycles. The average molecular weight is 391 g/mol. The molecule has 2 aromatic carbocycles. The molecule has 6 rings (SSSR count). The van der Waals surface area contributed by atoms with Gasteiger partial charge in [0.05, 0.1) is 16.7 Å². The lowest BCUT2D eigenvalue weighted by atomic mass is 10.1. The number of para-hydroxylation sites is 1. The lowest BCUT2D eigenvalue weighted by Crippen LogP contribution is -2.01. The van der Waals surface area contributed by atoms with Gasteiger partial charge in [-0.25, -0.2) is 9.67 Å². The molecule has 0 radical (unpaired) electrons. The number of aromatic nitrogens is 6. The van der Waals surface area contributed by atoms with Crippen molar-refractivity contribution in [2.75, 3.05) is 5.32 Å². The molecule has 0 aliphatic rings. The summed E-state index contributed by atoms with van der Waals surface area (Å²) in [4.78, 5) is 9.05. The molecule has 0 unspecified atom stereocenters. The Balaban J connectivity index is 1.46. The number of nitrogens with zero attached hydrogens (tertiary/aromatic N) is 5. The quantitative estimate of drug-likeness (QED) is 0.448. The van der Waals surface area contributed by atoms with Gasteiger partial charge < -0.3 is 5.32 Å². The van der Waals surface area contributed by atoms with Gasteiger partial charge >= 0.3 is 0 Å². The van der Waals surface area contributed by atoms with Gasteiger partial charge in [-0.2, -0.15) is 10.2 Å². The second-order valence-electron chi connectivity index (χ2n) is 7.18. The number of benzene rings is 2. The minimum Gasteiger partial charge on any atom is -0.337 e. The van der Waals surface area contributed by atoms with E-state index in [4.69, 9.17) is 5.10 Å². The number of pyridine rings is 2.